The number of urea groups is 1. The molecule has 1 aromatic carbocycles. The fourth-order valence-corrected chi connectivity index (χ4v) is 7.11. The molecule has 16 heteroatoms. The number of nitrogens with zero attached hydrogens (tertiary/aromatic N) is 3. The third-order valence-electron chi connectivity index (χ3n) is 9.15. The van der Waals surface area contributed by atoms with Crippen molar-refractivity contribution < 1.29 is 38.6 Å². The average Bonchev–Trinajstić information content (AvgIpc) is 3.51. The lowest BCUT2D eigenvalue weighted by Gasteiger charge is -2.32. The van der Waals surface area contributed by atoms with Crippen LogP contribution in [0.3, 0.4) is 0 Å². The molecule has 6 rings (SSSR count). The molecule has 5 N–H and O–H groups in total. The first-order chi connectivity index (χ1) is 24.4. The van der Waals surface area contributed by atoms with Crippen LogP contribution in [-0.2, 0) is 19.2 Å². The maximum atomic E-state index is 14.3. The molecule has 1 saturated carbocycles. The summed E-state index contributed by atoms with van der Waals surface area (Å²) >= 11 is 1.54. The molecule has 15 nitrogen and oxygen atoms in total. The van der Waals surface area contributed by atoms with E-state index in [2.05, 4.69) is 21.6 Å². The minimum Gasteiger partial charge on any atom is -0.497 e. The van der Waals surface area contributed by atoms with E-state index in [1.54, 1.807) is 39.2 Å². The number of hydrazine groups is 3. The molecular weight excluding hydrogens is 678 g/mol. The molecule has 274 valence electrons. The molecule has 4 atom stereocenters. The van der Waals surface area contributed by atoms with E-state index in [0.29, 0.717) is 12.2 Å². The Morgan fingerprint density at radius 1 is 1.04 bits per heavy atom. The summed E-state index contributed by atoms with van der Waals surface area (Å²) in [6.45, 7) is 5.31. The molecule has 0 spiro atoms. The summed E-state index contributed by atoms with van der Waals surface area (Å²) in [5, 5.41) is 19.4. The lowest BCUT2D eigenvalue weighted by molar-refractivity contribution is -0.232. The van der Waals surface area contributed by atoms with Crippen LogP contribution >= 0.6 is 11.3 Å². The van der Waals surface area contributed by atoms with Gasteiger partial charge >= 0.3 is 18.1 Å². The van der Waals surface area contributed by atoms with Crippen LogP contribution < -0.4 is 26.3 Å². The molecule has 1 saturated heterocycles. The predicted octanol–water partition coefficient (Wildman–Crippen LogP) is 4.23. The second-order valence-electron chi connectivity index (χ2n) is 14.0. The SMILES string of the molecule is COc1ccc(C2=C(c3ccsc3)NN(OC3CC4C(=O)NC5(C(=O)O)CC5/C=C\CCCCCN(NC(=O)OC(C)(C)C)C(=O)N4C3)N2)cc1. The fourth-order valence-electron chi connectivity index (χ4n) is 6.46. The largest absolute Gasteiger partial charge is 0.497 e. The molecule has 51 heavy (non-hydrogen) atoms. The van der Waals surface area contributed by atoms with E-state index in [4.69, 9.17) is 14.3 Å². The highest BCUT2D eigenvalue weighted by Gasteiger charge is 2.61. The van der Waals surface area contributed by atoms with E-state index in [1.807, 2.05) is 53.2 Å². The Morgan fingerprint density at radius 3 is 2.45 bits per heavy atom. The van der Waals surface area contributed by atoms with Crippen molar-refractivity contribution in [2.24, 2.45) is 5.92 Å². The van der Waals surface area contributed by atoms with Gasteiger partial charge in [0.25, 0.3) is 0 Å². The van der Waals surface area contributed by atoms with Crippen molar-refractivity contribution in [3.05, 3.63) is 64.4 Å². The van der Waals surface area contributed by atoms with E-state index in [0.717, 1.165) is 41.8 Å². The molecule has 4 amide bonds. The van der Waals surface area contributed by atoms with Crippen molar-refractivity contribution in [1.29, 1.82) is 0 Å². The number of fused-ring (bicyclic) bond motifs is 2. The Bertz CT molecular complexity index is 1680. The van der Waals surface area contributed by atoms with Gasteiger partial charge in [-0.05, 0) is 87.4 Å². The Labute approximate surface area is 300 Å². The van der Waals surface area contributed by atoms with Gasteiger partial charge in [-0.2, -0.15) is 11.3 Å². The summed E-state index contributed by atoms with van der Waals surface area (Å²) in [4.78, 5) is 61.2. The molecule has 2 fully saturated rings. The highest BCUT2D eigenvalue weighted by molar-refractivity contribution is 7.08. The van der Waals surface area contributed by atoms with E-state index in [9.17, 15) is 24.3 Å². The highest BCUT2D eigenvalue weighted by atomic mass is 32.1. The van der Waals surface area contributed by atoms with Crippen LogP contribution in [0.15, 0.2) is 53.2 Å². The summed E-state index contributed by atoms with van der Waals surface area (Å²) in [6.07, 6.45) is 5.47. The van der Waals surface area contributed by atoms with Gasteiger partial charge in [-0.15, -0.1) is 0 Å². The van der Waals surface area contributed by atoms with Gasteiger partial charge in [-0.25, -0.2) is 24.8 Å². The number of rotatable bonds is 7. The maximum absolute atomic E-state index is 14.3. The Hall–Kier alpha value is -4.80. The van der Waals surface area contributed by atoms with Crippen LogP contribution in [0, 0.1) is 5.92 Å². The van der Waals surface area contributed by atoms with Crippen molar-refractivity contribution in [2.45, 2.75) is 82.6 Å². The van der Waals surface area contributed by atoms with Gasteiger partial charge in [0.05, 0.1) is 25.0 Å². The molecule has 4 unspecified atom stereocenters. The van der Waals surface area contributed by atoms with Crippen LogP contribution in [-0.4, -0.2) is 87.8 Å². The number of allylic oxidation sites excluding steroid dienone is 1. The van der Waals surface area contributed by atoms with E-state index in [-0.39, 0.29) is 31.8 Å². The number of carbonyl (C=O) groups excluding carboxylic acids is 3. The Kier molecular flexibility index (Phi) is 10.5. The van der Waals surface area contributed by atoms with Gasteiger partial charge in [0.1, 0.15) is 29.0 Å². The lowest BCUT2D eigenvalue weighted by atomic mass is 10.1. The lowest BCUT2D eigenvalue weighted by Crippen LogP contribution is -2.58. The van der Waals surface area contributed by atoms with Crippen LogP contribution in [0.4, 0.5) is 9.59 Å². The van der Waals surface area contributed by atoms with Crippen molar-refractivity contribution in [2.75, 3.05) is 20.2 Å². The van der Waals surface area contributed by atoms with Crippen LogP contribution in [0.5, 0.6) is 5.75 Å². The number of aliphatic carboxylic acids is 1. The van der Waals surface area contributed by atoms with E-state index in [1.165, 1.54) is 15.2 Å². The first-order valence-electron chi connectivity index (χ1n) is 17.1. The zero-order valence-electron chi connectivity index (χ0n) is 29.1. The molecular formula is C35H45N7O8S. The van der Waals surface area contributed by atoms with Crippen molar-refractivity contribution >= 4 is 46.7 Å². The quantitative estimate of drug-likeness (QED) is 0.259. The van der Waals surface area contributed by atoms with E-state index >= 15 is 0 Å². The topological polar surface area (TPSA) is 174 Å². The number of nitrogens with one attached hydrogen (secondary N) is 4. The summed E-state index contributed by atoms with van der Waals surface area (Å²) in [5.41, 5.74) is 10.1. The van der Waals surface area contributed by atoms with Crippen LogP contribution in [0.2, 0.25) is 0 Å². The minimum absolute atomic E-state index is 0.0294. The third kappa shape index (κ3) is 8.24. The number of amides is 4. The summed E-state index contributed by atoms with van der Waals surface area (Å²) < 4.78 is 10.8. The minimum atomic E-state index is -1.46. The number of ether oxygens (including phenoxy) is 2. The standard InChI is InChI=1S/C35H45N7O8S/c1-34(2,3)49-32(46)39-41-16-9-7-5-6-8-10-24-19-35(24,31(44)45)36-30(43)27-18-26(20-40(27)33(41)47)50-42-37-28(22-11-13-25(48-4)14-12-22)29(38-42)23-15-17-51-21-23/h8,10-15,17,21,24,26-27,37-38H,5-7,9,16,18-20H2,1-4H3,(H,36,43)(H,39,46)(H,44,45)/b10-8-. The summed E-state index contributed by atoms with van der Waals surface area (Å²) in [7, 11) is 1.60. The summed E-state index contributed by atoms with van der Waals surface area (Å²) in [5.74, 6) is -1.39. The van der Waals surface area contributed by atoms with Gasteiger partial charge in [-0.1, -0.05) is 18.6 Å². The van der Waals surface area contributed by atoms with Crippen LogP contribution in [0.1, 0.15) is 70.4 Å². The van der Waals surface area contributed by atoms with Crippen molar-refractivity contribution in [1.82, 2.24) is 36.8 Å². The molecule has 4 heterocycles. The molecule has 2 aromatic rings. The monoisotopic (exact) mass is 723 g/mol. The van der Waals surface area contributed by atoms with Crippen LogP contribution in [0.25, 0.3) is 11.4 Å². The average molecular weight is 724 g/mol. The first-order valence-corrected chi connectivity index (χ1v) is 18.0. The molecule has 0 bridgehead atoms. The normalized spacial score (nSPS) is 26.5. The molecule has 3 aliphatic heterocycles. The number of carbonyl (C=O) groups is 4. The van der Waals surface area contributed by atoms with Gasteiger partial charge in [0, 0.05) is 35.4 Å². The third-order valence-corrected chi connectivity index (χ3v) is 9.83. The number of carboxylic acid groups (broad SMARTS) is 1. The smallest absolute Gasteiger partial charge is 0.426 e. The maximum Gasteiger partial charge on any atom is 0.426 e. The number of hydrogen-bond acceptors (Lipinski definition) is 11. The van der Waals surface area contributed by atoms with Crippen molar-refractivity contribution in [3.63, 3.8) is 0 Å². The van der Waals surface area contributed by atoms with Gasteiger partial charge in [-0.3, -0.25) is 20.5 Å². The molecule has 1 aromatic heterocycles. The first kappa shape index (κ1) is 36.0. The molecule has 4 aliphatic rings. The zero-order valence-corrected chi connectivity index (χ0v) is 30.0. The number of methoxy groups -OCH3 is 1. The highest BCUT2D eigenvalue weighted by Crippen LogP contribution is 2.45. The zero-order chi connectivity index (χ0) is 36.3. The number of carboxylic acids is 1. The fraction of sp³-hybridized carbons (Fsp3) is 0.486. The van der Waals surface area contributed by atoms with Gasteiger partial charge in [0.15, 0.2) is 0 Å². The molecule has 1 aliphatic carbocycles. The molecule has 0 radical (unpaired) electrons. The second kappa shape index (κ2) is 14.8. The summed E-state index contributed by atoms with van der Waals surface area (Å²) in [6, 6.07) is 7.79. The second-order valence-corrected chi connectivity index (χ2v) is 14.8. The number of thiophene rings is 1. The number of benzene rings is 1. The van der Waals surface area contributed by atoms with Gasteiger partial charge in [0.2, 0.25) is 5.91 Å². The Balaban J connectivity index is 1.25. The predicted molar refractivity (Wildman–Crippen MR) is 188 cm³/mol. The number of hydrogen-bond donors (Lipinski definition) is 5. The Morgan fingerprint density at radius 2 is 1.78 bits per heavy atom. The van der Waals surface area contributed by atoms with Crippen molar-refractivity contribution in [3.8, 4) is 5.75 Å². The van der Waals surface area contributed by atoms with E-state index < -0.39 is 47.3 Å². The van der Waals surface area contributed by atoms with Gasteiger partial charge < -0.3 is 24.8 Å².